The van der Waals surface area contributed by atoms with Crippen molar-refractivity contribution in [3.05, 3.63) is 0 Å². The van der Waals surface area contributed by atoms with Gasteiger partial charge in [-0.2, -0.15) is 0 Å². The molecule has 226 valence electrons. The van der Waals surface area contributed by atoms with Crippen molar-refractivity contribution in [2.75, 3.05) is 60.5 Å². The second kappa shape index (κ2) is 70.9. The first-order valence-corrected chi connectivity index (χ1v) is 13.6. The van der Waals surface area contributed by atoms with Gasteiger partial charge in [-0.3, -0.25) is 4.79 Å². The summed E-state index contributed by atoms with van der Waals surface area (Å²) in [5.41, 5.74) is 4.50. The first-order valence-electron chi connectivity index (χ1n) is 13.6. The fourth-order valence-electron chi connectivity index (χ4n) is 2.38. The van der Waals surface area contributed by atoms with Crippen LogP contribution in [0.15, 0.2) is 0 Å². The summed E-state index contributed by atoms with van der Waals surface area (Å²) in [6.07, 6.45) is 14.3. The van der Waals surface area contributed by atoms with Crippen molar-refractivity contribution in [2.45, 2.75) is 91.4 Å². The maximum atomic E-state index is 10.7. The topological polar surface area (TPSA) is 165 Å². The third-order valence-electron chi connectivity index (χ3n) is 4.22. The number of nitrogens with zero attached hydrogens (tertiary/aromatic N) is 1. The second-order valence-electron chi connectivity index (χ2n) is 7.44. The van der Waals surface area contributed by atoms with Crippen LogP contribution >= 0.6 is 0 Å². The Morgan fingerprint density at radius 3 is 1.29 bits per heavy atom. The summed E-state index contributed by atoms with van der Waals surface area (Å²) in [6, 6.07) is 0. The van der Waals surface area contributed by atoms with Crippen LogP contribution in [0.2, 0.25) is 0 Å². The molecule has 5 N–H and O–H groups in total. The van der Waals surface area contributed by atoms with Crippen LogP contribution in [0.3, 0.4) is 0 Å². The van der Waals surface area contributed by atoms with Gasteiger partial charge >= 0.3 is 51.4 Å². The Hall–Kier alpha value is -0.0836. The molecule has 38 heavy (non-hydrogen) atoms. The van der Waals surface area contributed by atoms with Gasteiger partial charge in [-0.05, 0) is 86.0 Å². The van der Waals surface area contributed by atoms with E-state index in [0.717, 1.165) is 70.8 Å². The Balaban J connectivity index is -0.0000000786. The van der Waals surface area contributed by atoms with Crippen LogP contribution in [0.5, 0.6) is 0 Å². The molecule has 0 rings (SSSR count). The Morgan fingerprint density at radius 2 is 1.08 bits per heavy atom. The average Bonchev–Trinajstić information content (AvgIpc) is 2.93. The molecule has 11 heteroatoms. The zero-order chi connectivity index (χ0) is 29.8. The standard InChI is InChI=1S/C14H32N3O.C5H10O.2C3H6O.CH5N.CH2O2.K/c1-15-9-5-3-7-11-17(13-14-18)12-8-4-6-10-16-2;1-2-3-4-5-6;2*1-2-3-4;1-2;2-1-3;/h15-16H,3-14H2,1-2H3;5H,2-4H2,1H3;2*3H,2H2,1H3;2H2,1H3;1H,(H,2,3);/q-1;;;;;;+1. The molecule has 0 radical (unpaired) electrons. The molecular formula is C27H61KN4O6. The molecule has 0 spiro atoms. The van der Waals surface area contributed by atoms with Gasteiger partial charge in [-0.1, -0.05) is 40.0 Å². The van der Waals surface area contributed by atoms with Gasteiger partial charge in [0.25, 0.3) is 6.47 Å². The number of aldehydes is 3. The van der Waals surface area contributed by atoms with Gasteiger partial charge in [0, 0.05) is 19.3 Å². The molecule has 0 amide bonds. The molecule has 0 fully saturated rings. The molecule has 0 aromatic carbocycles. The van der Waals surface area contributed by atoms with Crippen molar-refractivity contribution in [3.8, 4) is 0 Å². The zero-order valence-corrected chi connectivity index (χ0v) is 29.0. The number of carbonyl (C=O) groups excluding carboxylic acids is 3. The fraction of sp³-hybridized carbons (Fsp3) is 0.852. The van der Waals surface area contributed by atoms with Gasteiger partial charge in [0.05, 0.1) is 0 Å². The minimum Gasteiger partial charge on any atom is -0.854 e. The number of nitrogens with one attached hydrogen (secondary N) is 2. The average molecular weight is 577 g/mol. The molecule has 0 aliphatic carbocycles. The van der Waals surface area contributed by atoms with Crippen molar-refractivity contribution < 1.29 is 80.8 Å². The third-order valence-corrected chi connectivity index (χ3v) is 4.22. The molecular weight excluding hydrogens is 515 g/mol. The summed E-state index contributed by atoms with van der Waals surface area (Å²) < 4.78 is 0. The smallest absolute Gasteiger partial charge is 0.854 e. The summed E-state index contributed by atoms with van der Waals surface area (Å²) in [7, 11) is 5.49. The molecule has 0 saturated carbocycles. The number of carboxylic acid groups (broad SMARTS) is 1. The molecule has 0 aliphatic rings. The minimum absolute atomic E-state index is 0. The first kappa shape index (κ1) is 54.1. The van der Waals surface area contributed by atoms with E-state index in [1.807, 2.05) is 27.9 Å². The van der Waals surface area contributed by atoms with E-state index in [4.69, 9.17) is 9.90 Å². The van der Waals surface area contributed by atoms with Gasteiger partial charge in [-0.25, -0.2) is 0 Å². The molecule has 0 unspecified atom stereocenters. The van der Waals surface area contributed by atoms with E-state index < -0.39 is 0 Å². The molecule has 0 bridgehead atoms. The predicted molar refractivity (Wildman–Crippen MR) is 154 cm³/mol. The second-order valence-corrected chi connectivity index (χ2v) is 7.44. The maximum Gasteiger partial charge on any atom is 1.00 e. The minimum atomic E-state index is -0.250. The molecule has 0 aromatic heterocycles. The van der Waals surface area contributed by atoms with Crippen LogP contribution in [-0.4, -0.2) is 95.8 Å². The van der Waals surface area contributed by atoms with E-state index >= 15 is 0 Å². The van der Waals surface area contributed by atoms with Gasteiger partial charge in [0.1, 0.15) is 18.9 Å². The number of nitrogens with two attached hydrogens (primary N) is 1. The van der Waals surface area contributed by atoms with Crippen molar-refractivity contribution in [1.82, 2.24) is 15.5 Å². The van der Waals surface area contributed by atoms with Crippen LogP contribution < -0.4 is 72.9 Å². The van der Waals surface area contributed by atoms with Crippen molar-refractivity contribution >= 4 is 25.3 Å². The van der Waals surface area contributed by atoms with Crippen molar-refractivity contribution in [3.63, 3.8) is 0 Å². The van der Waals surface area contributed by atoms with Gasteiger partial charge in [0.2, 0.25) is 0 Å². The van der Waals surface area contributed by atoms with Crippen molar-refractivity contribution in [2.24, 2.45) is 5.73 Å². The van der Waals surface area contributed by atoms with E-state index in [0.29, 0.717) is 12.8 Å². The van der Waals surface area contributed by atoms with Gasteiger partial charge in [-0.15, -0.1) is 6.61 Å². The van der Waals surface area contributed by atoms with Crippen LogP contribution in [0.25, 0.3) is 0 Å². The maximum absolute atomic E-state index is 10.7. The zero-order valence-electron chi connectivity index (χ0n) is 25.8. The van der Waals surface area contributed by atoms with Crippen LogP contribution in [0.4, 0.5) is 0 Å². The van der Waals surface area contributed by atoms with Gasteiger partial charge < -0.3 is 45.9 Å². The summed E-state index contributed by atoms with van der Waals surface area (Å²) in [5, 5.41) is 24.0. The fourth-order valence-corrected chi connectivity index (χ4v) is 2.38. The van der Waals surface area contributed by atoms with Crippen LogP contribution in [0, 0.1) is 0 Å². The van der Waals surface area contributed by atoms with Crippen LogP contribution in [-0.2, 0) is 19.2 Å². The molecule has 0 atom stereocenters. The van der Waals surface area contributed by atoms with E-state index in [-0.39, 0.29) is 64.5 Å². The largest absolute Gasteiger partial charge is 1.00 e. The SMILES string of the molecule is CCC=O.CCC=O.CCCCC=O.CN.CNCCCCCN(CC[O-])CCCCCNC.O=CO.[K+]. The first-order chi connectivity index (χ1) is 18.0. The number of carbonyl (C=O) groups is 4. The van der Waals surface area contributed by atoms with Crippen LogP contribution in [0.1, 0.15) is 91.4 Å². The Morgan fingerprint density at radius 1 is 0.711 bits per heavy atom. The molecule has 0 aromatic rings. The summed E-state index contributed by atoms with van der Waals surface area (Å²) in [4.78, 5) is 38.6. The van der Waals surface area contributed by atoms with E-state index in [2.05, 4.69) is 28.2 Å². The summed E-state index contributed by atoms with van der Waals surface area (Å²) in [5.74, 6) is 0. The number of hydrogen-bond donors (Lipinski definition) is 4. The third kappa shape index (κ3) is 91.2. The Bertz CT molecular complexity index is 363. The number of hydrogen-bond acceptors (Lipinski definition) is 9. The normalized spacial score (nSPS) is 8.45. The summed E-state index contributed by atoms with van der Waals surface area (Å²) in [6.45, 7) is 10.6. The van der Waals surface area contributed by atoms with E-state index in [9.17, 15) is 19.5 Å². The van der Waals surface area contributed by atoms with E-state index in [1.165, 1.54) is 45.6 Å². The molecule has 0 heterocycles. The molecule has 0 saturated heterocycles. The van der Waals surface area contributed by atoms with E-state index in [1.54, 1.807) is 0 Å². The predicted octanol–water partition coefficient (Wildman–Crippen LogP) is -0.726. The van der Waals surface area contributed by atoms with Crippen molar-refractivity contribution in [1.29, 1.82) is 0 Å². The quantitative estimate of drug-likeness (QED) is 0.0875. The van der Waals surface area contributed by atoms with Gasteiger partial charge in [0.15, 0.2) is 0 Å². The summed E-state index contributed by atoms with van der Waals surface area (Å²) >= 11 is 0. The number of unbranched alkanes of at least 4 members (excludes halogenated alkanes) is 6. The molecule has 10 nitrogen and oxygen atoms in total. The number of rotatable bonds is 19. The monoisotopic (exact) mass is 576 g/mol. The molecule has 0 aliphatic heterocycles. The Kier molecular flexibility index (Phi) is 101. The Labute approximate surface area is 277 Å².